The number of morpholine rings is 1. The molecule has 0 saturated carbocycles. The predicted octanol–water partition coefficient (Wildman–Crippen LogP) is 2.60. The van der Waals surface area contributed by atoms with Crippen molar-refractivity contribution in [2.45, 2.75) is 18.9 Å². The molecule has 0 unspecified atom stereocenters. The second-order valence-electron chi connectivity index (χ2n) is 6.80. The third kappa shape index (κ3) is 4.94. The summed E-state index contributed by atoms with van der Waals surface area (Å²) in [7, 11) is 1.73. The molecule has 1 aromatic carbocycles. The van der Waals surface area contributed by atoms with Gasteiger partial charge < -0.3 is 19.3 Å². The van der Waals surface area contributed by atoms with E-state index in [1.54, 1.807) is 7.11 Å². The Balaban J connectivity index is 1.53. The molecule has 1 aromatic rings. The van der Waals surface area contributed by atoms with Crippen LogP contribution in [0.2, 0.25) is 5.02 Å². The zero-order valence-corrected chi connectivity index (χ0v) is 15.6. The van der Waals surface area contributed by atoms with Gasteiger partial charge in [0.05, 0.1) is 19.8 Å². The van der Waals surface area contributed by atoms with E-state index >= 15 is 0 Å². The highest BCUT2D eigenvalue weighted by Crippen LogP contribution is 2.26. The van der Waals surface area contributed by atoms with Crippen molar-refractivity contribution in [1.82, 2.24) is 9.80 Å². The van der Waals surface area contributed by atoms with E-state index in [9.17, 15) is 4.79 Å². The molecule has 0 N–H and O–H groups in total. The minimum atomic E-state index is -0.0586. The summed E-state index contributed by atoms with van der Waals surface area (Å²) in [6, 6.07) is 7.71. The monoisotopic (exact) mass is 366 g/mol. The summed E-state index contributed by atoms with van der Waals surface area (Å²) in [6.45, 7) is 5.57. The van der Waals surface area contributed by atoms with E-state index < -0.39 is 0 Å². The molecule has 5 nitrogen and oxygen atoms in total. The summed E-state index contributed by atoms with van der Waals surface area (Å²) in [5.41, 5.74) is 1.08. The first-order valence-electron chi connectivity index (χ1n) is 9.04. The molecule has 0 aliphatic carbocycles. The fraction of sp³-hybridized carbons (Fsp3) is 0.632. The van der Waals surface area contributed by atoms with Crippen LogP contribution in [0, 0.1) is 5.92 Å². The SMILES string of the molecule is COCCN1CCC(C(=O)N2CCO[C@@H](c3ccc(Cl)cc3)C2)CC1. The van der Waals surface area contributed by atoms with Crippen molar-refractivity contribution in [2.75, 3.05) is 53.0 Å². The van der Waals surface area contributed by atoms with Gasteiger partial charge >= 0.3 is 0 Å². The number of amides is 1. The Hall–Kier alpha value is -1.14. The first-order chi connectivity index (χ1) is 12.2. The number of ether oxygens (including phenoxy) is 2. The van der Waals surface area contributed by atoms with Gasteiger partial charge in [-0.25, -0.2) is 0 Å². The Morgan fingerprint density at radius 1 is 1.24 bits per heavy atom. The smallest absolute Gasteiger partial charge is 0.225 e. The molecular weight excluding hydrogens is 340 g/mol. The number of methoxy groups -OCH3 is 1. The first-order valence-corrected chi connectivity index (χ1v) is 9.42. The molecule has 0 aromatic heterocycles. The summed E-state index contributed by atoms with van der Waals surface area (Å²) in [5, 5.41) is 0.715. The molecule has 2 aliphatic heterocycles. The predicted molar refractivity (Wildman–Crippen MR) is 97.8 cm³/mol. The number of hydrogen-bond acceptors (Lipinski definition) is 4. The fourth-order valence-corrected chi connectivity index (χ4v) is 3.74. The summed E-state index contributed by atoms with van der Waals surface area (Å²) in [4.78, 5) is 17.3. The molecule has 3 rings (SSSR count). The van der Waals surface area contributed by atoms with Crippen molar-refractivity contribution < 1.29 is 14.3 Å². The molecule has 0 bridgehead atoms. The van der Waals surface area contributed by atoms with E-state index in [0.29, 0.717) is 24.7 Å². The van der Waals surface area contributed by atoms with Gasteiger partial charge in [0.25, 0.3) is 0 Å². The third-order valence-corrected chi connectivity index (χ3v) is 5.42. The van der Waals surface area contributed by atoms with Crippen LogP contribution in [0.1, 0.15) is 24.5 Å². The van der Waals surface area contributed by atoms with Crippen LogP contribution in [0.5, 0.6) is 0 Å². The van der Waals surface area contributed by atoms with Gasteiger partial charge in [0.1, 0.15) is 6.10 Å². The number of piperidine rings is 1. The number of likely N-dealkylation sites (tertiary alicyclic amines) is 1. The van der Waals surface area contributed by atoms with Crippen molar-refractivity contribution in [3.63, 3.8) is 0 Å². The second-order valence-corrected chi connectivity index (χ2v) is 7.24. The highest BCUT2D eigenvalue weighted by molar-refractivity contribution is 6.30. The van der Waals surface area contributed by atoms with E-state index in [1.165, 1.54) is 0 Å². The van der Waals surface area contributed by atoms with Gasteiger partial charge in [-0.3, -0.25) is 4.79 Å². The van der Waals surface area contributed by atoms with E-state index in [1.807, 2.05) is 29.2 Å². The highest BCUT2D eigenvalue weighted by atomic mass is 35.5. The van der Waals surface area contributed by atoms with E-state index in [-0.39, 0.29) is 17.9 Å². The highest BCUT2D eigenvalue weighted by Gasteiger charge is 2.32. The van der Waals surface area contributed by atoms with Crippen LogP contribution in [0.15, 0.2) is 24.3 Å². The molecular formula is C19H27ClN2O3. The normalized spacial score (nSPS) is 23.0. The largest absolute Gasteiger partial charge is 0.383 e. The average molecular weight is 367 g/mol. The van der Waals surface area contributed by atoms with E-state index in [4.69, 9.17) is 21.1 Å². The van der Waals surface area contributed by atoms with Gasteiger partial charge in [-0.05, 0) is 43.6 Å². The van der Waals surface area contributed by atoms with Crippen molar-refractivity contribution in [3.05, 3.63) is 34.9 Å². The molecule has 2 heterocycles. The number of hydrogen-bond donors (Lipinski definition) is 0. The minimum Gasteiger partial charge on any atom is -0.383 e. The van der Waals surface area contributed by atoms with Gasteiger partial charge in [-0.15, -0.1) is 0 Å². The Morgan fingerprint density at radius 3 is 2.64 bits per heavy atom. The second kappa shape index (κ2) is 8.99. The Morgan fingerprint density at radius 2 is 1.96 bits per heavy atom. The number of halogens is 1. The van der Waals surface area contributed by atoms with Crippen LogP contribution in [-0.2, 0) is 14.3 Å². The van der Waals surface area contributed by atoms with Crippen molar-refractivity contribution in [1.29, 1.82) is 0 Å². The number of nitrogens with zero attached hydrogens (tertiary/aromatic N) is 2. The van der Waals surface area contributed by atoms with Crippen LogP contribution in [-0.4, -0.2) is 68.8 Å². The Kier molecular flexibility index (Phi) is 6.70. The Labute approximate surface area is 154 Å². The Bertz CT molecular complexity index is 558. The lowest BCUT2D eigenvalue weighted by molar-refractivity contribution is -0.145. The first kappa shape index (κ1) is 18.6. The maximum atomic E-state index is 12.9. The van der Waals surface area contributed by atoms with Crippen LogP contribution in [0.25, 0.3) is 0 Å². The zero-order chi connectivity index (χ0) is 17.6. The maximum absolute atomic E-state index is 12.9. The van der Waals surface area contributed by atoms with Crippen molar-refractivity contribution in [3.8, 4) is 0 Å². The number of carbonyl (C=O) groups excluding carboxylic acids is 1. The van der Waals surface area contributed by atoms with Crippen LogP contribution in [0.4, 0.5) is 0 Å². The third-order valence-electron chi connectivity index (χ3n) is 5.17. The minimum absolute atomic E-state index is 0.0586. The number of rotatable bonds is 5. The summed E-state index contributed by atoms with van der Waals surface area (Å²) in [5.74, 6) is 0.427. The van der Waals surface area contributed by atoms with E-state index in [2.05, 4.69) is 4.90 Å². The topological polar surface area (TPSA) is 42.0 Å². The molecule has 138 valence electrons. The molecule has 25 heavy (non-hydrogen) atoms. The molecule has 2 aliphatic rings. The summed E-state index contributed by atoms with van der Waals surface area (Å²) in [6.07, 6.45) is 1.81. The molecule has 6 heteroatoms. The summed E-state index contributed by atoms with van der Waals surface area (Å²) >= 11 is 5.96. The number of benzene rings is 1. The van der Waals surface area contributed by atoms with Crippen LogP contribution < -0.4 is 0 Å². The van der Waals surface area contributed by atoms with Crippen molar-refractivity contribution >= 4 is 17.5 Å². The van der Waals surface area contributed by atoms with Gasteiger partial charge in [-0.2, -0.15) is 0 Å². The lowest BCUT2D eigenvalue weighted by Gasteiger charge is -2.38. The van der Waals surface area contributed by atoms with Gasteiger partial charge in [0.2, 0.25) is 5.91 Å². The molecule has 2 fully saturated rings. The van der Waals surface area contributed by atoms with Crippen LogP contribution in [0.3, 0.4) is 0 Å². The molecule has 0 radical (unpaired) electrons. The van der Waals surface area contributed by atoms with Crippen LogP contribution >= 0.6 is 11.6 Å². The van der Waals surface area contributed by atoms with Gasteiger partial charge in [0.15, 0.2) is 0 Å². The molecule has 1 amide bonds. The fourth-order valence-electron chi connectivity index (χ4n) is 3.61. The van der Waals surface area contributed by atoms with Crippen molar-refractivity contribution in [2.24, 2.45) is 5.92 Å². The molecule has 0 spiro atoms. The standard InChI is InChI=1S/C19H27ClN2O3/c1-24-12-10-21-8-6-16(7-9-21)19(23)22-11-13-25-18(14-22)15-2-4-17(20)5-3-15/h2-5,16,18H,6-14H2,1H3/t18-/m1/s1. The van der Waals surface area contributed by atoms with Gasteiger partial charge in [-0.1, -0.05) is 23.7 Å². The molecule has 1 atom stereocenters. The maximum Gasteiger partial charge on any atom is 0.225 e. The van der Waals surface area contributed by atoms with Gasteiger partial charge in [0, 0.05) is 31.1 Å². The lowest BCUT2D eigenvalue weighted by Crippen LogP contribution is -2.47. The molecule has 2 saturated heterocycles. The zero-order valence-electron chi connectivity index (χ0n) is 14.8. The quantitative estimate of drug-likeness (QED) is 0.803. The lowest BCUT2D eigenvalue weighted by atomic mass is 9.94. The summed E-state index contributed by atoms with van der Waals surface area (Å²) < 4.78 is 11.0. The number of carbonyl (C=O) groups is 1. The average Bonchev–Trinajstić information content (AvgIpc) is 2.67. The van der Waals surface area contributed by atoms with E-state index in [0.717, 1.165) is 44.6 Å².